The minimum absolute atomic E-state index is 0.225. The summed E-state index contributed by atoms with van der Waals surface area (Å²) in [4.78, 5) is 11.0. The lowest BCUT2D eigenvalue weighted by Crippen LogP contribution is -1.95. The molecule has 0 radical (unpaired) electrons. The second kappa shape index (κ2) is 6.61. The Kier molecular flexibility index (Phi) is 4.61. The molecule has 0 saturated carbocycles. The summed E-state index contributed by atoms with van der Waals surface area (Å²) in [5.74, 6) is -1.52. The predicted octanol–water partition coefficient (Wildman–Crippen LogP) is 3.20. The zero-order valence-electron chi connectivity index (χ0n) is 11.4. The van der Waals surface area contributed by atoms with Crippen molar-refractivity contribution in [3.63, 3.8) is 0 Å². The Morgan fingerprint density at radius 2 is 1.71 bits per heavy atom. The third kappa shape index (κ3) is 4.11. The van der Waals surface area contributed by atoms with Gasteiger partial charge in [-0.3, -0.25) is 0 Å². The molecule has 4 nitrogen and oxygen atoms in total. The highest BCUT2D eigenvalue weighted by Crippen LogP contribution is 2.30. The summed E-state index contributed by atoms with van der Waals surface area (Å²) >= 11 is 0. The number of phenols is 2. The van der Waals surface area contributed by atoms with Gasteiger partial charge in [-0.15, -0.1) is 0 Å². The van der Waals surface area contributed by atoms with Crippen molar-refractivity contribution >= 4 is 11.5 Å². The minimum atomic E-state index is -1.04. The van der Waals surface area contributed by atoms with Crippen LogP contribution in [0.4, 0.5) is 0 Å². The highest BCUT2D eigenvalue weighted by molar-refractivity contribution is 5.90. The van der Waals surface area contributed by atoms with Gasteiger partial charge in [0.1, 0.15) is 0 Å². The van der Waals surface area contributed by atoms with Crippen LogP contribution < -0.4 is 0 Å². The van der Waals surface area contributed by atoms with Crippen LogP contribution in [-0.4, -0.2) is 21.3 Å². The molecule has 3 N–H and O–H groups in total. The molecule has 0 aromatic heterocycles. The van der Waals surface area contributed by atoms with Gasteiger partial charge in [-0.25, -0.2) is 4.79 Å². The number of rotatable bonds is 5. The van der Waals surface area contributed by atoms with E-state index in [2.05, 4.69) is 0 Å². The van der Waals surface area contributed by atoms with Crippen LogP contribution in [0.25, 0.3) is 5.57 Å². The van der Waals surface area contributed by atoms with Crippen LogP contribution in [-0.2, 0) is 11.2 Å². The van der Waals surface area contributed by atoms with Crippen LogP contribution in [0.5, 0.6) is 11.5 Å². The molecule has 0 heterocycles. The Morgan fingerprint density at radius 1 is 1.00 bits per heavy atom. The first-order valence-electron chi connectivity index (χ1n) is 6.56. The molecular weight excluding hydrogens is 268 g/mol. The highest BCUT2D eigenvalue weighted by Gasteiger charge is 2.08. The summed E-state index contributed by atoms with van der Waals surface area (Å²) in [5, 5.41) is 27.9. The summed E-state index contributed by atoms with van der Waals surface area (Å²) in [6, 6.07) is 14.1. The summed E-state index contributed by atoms with van der Waals surface area (Å²) in [7, 11) is 0. The van der Waals surface area contributed by atoms with E-state index in [1.807, 2.05) is 30.3 Å². The first kappa shape index (κ1) is 14.7. The smallest absolute Gasteiger partial charge is 0.328 e. The Balaban J connectivity index is 2.22. The predicted molar refractivity (Wildman–Crippen MR) is 80.1 cm³/mol. The molecule has 2 aromatic carbocycles. The lowest BCUT2D eigenvalue weighted by molar-refractivity contribution is -0.131. The van der Waals surface area contributed by atoms with Crippen LogP contribution in [0.15, 0.2) is 54.6 Å². The molecule has 2 rings (SSSR count). The van der Waals surface area contributed by atoms with Crippen LogP contribution in [0.2, 0.25) is 0 Å². The van der Waals surface area contributed by atoms with Crippen molar-refractivity contribution in [3.8, 4) is 11.5 Å². The topological polar surface area (TPSA) is 77.8 Å². The number of allylic oxidation sites excluding steroid dienone is 1. The van der Waals surface area contributed by atoms with E-state index in [1.54, 1.807) is 6.07 Å². The molecule has 0 bridgehead atoms. The third-order valence-corrected chi connectivity index (χ3v) is 3.17. The van der Waals surface area contributed by atoms with Crippen LogP contribution in [0.3, 0.4) is 0 Å². The Hall–Kier alpha value is -2.75. The van der Waals surface area contributed by atoms with Crippen molar-refractivity contribution in [2.75, 3.05) is 0 Å². The number of aryl methyl sites for hydroxylation is 1. The van der Waals surface area contributed by atoms with E-state index in [0.717, 1.165) is 11.6 Å². The van der Waals surface area contributed by atoms with E-state index in [4.69, 9.17) is 5.11 Å². The Labute approximate surface area is 122 Å². The molecule has 0 saturated heterocycles. The van der Waals surface area contributed by atoms with E-state index in [0.29, 0.717) is 24.0 Å². The number of hydrogen-bond donors (Lipinski definition) is 3. The molecule has 0 spiro atoms. The van der Waals surface area contributed by atoms with Gasteiger partial charge in [0, 0.05) is 6.08 Å². The second-order valence-electron chi connectivity index (χ2n) is 4.70. The first-order valence-corrected chi connectivity index (χ1v) is 6.56. The summed E-state index contributed by atoms with van der Waals surface area (Å²) in [5.41, 5.74) is 2.29. The number of aromatic hydroxyl groups is 2. The van der Waals surface area contributed by atoms with Crippen LogP contribution >= 0.6 is 0 Å². The fraction of sp³-hybridized carbons (Fsp3) is 0.118. The van der Waals surface area contributed by atoms with Gasteiger partial charge in [-0.05, 0) is 41.7 Å². The Morgan fingerprint density at radius 3 is 2.33 bits per heavy atom. The molecule has 0 unspecified atom stereocenters. The highest BCUT2D eigenvalue weighted by atomic mass is 16.4. The average molecular weight is 284 g/mol. The summed E-state index contributed by atoms with van der Waals surface area (Å²) < 4.78 is 0. The second-order valence-corrected chi connectivity index (χ2v) is 4.70. The van der Waals surface area contributed by atoms with Gasteiger partial charge >= 0.3 is 5.97 Å². The first-order chi connectivity index (χ1) is 10.1. The SMILES string of the molecule is O=C(O)C=C(CCc1ccccc1)c1ccc(O)c(O)c1. The maximum absolute atomic E-state index is 11.0. The molecule has 0 aliphatic carbocycles. The van der Waals surface area contributed by atoms with Crippen LogP contribution in [0.1, 0.15) is 17.5 Å². The third-order valence-electron chi connectivity index (χ3n) is 3.17. The van der Waals surface area contributed by atoms with Gasteiger partial charge in [-0.1, -0.05) is 36.4 Å². The molecule has 4 heteroatoms. The van der Waals surface area contributed by atoms with Gasteiger partial charge in [0.15, 0.2) is 11.5 Å². The maximum atomic E-state index is 11.0. The lowest BCUT2D eigenvalue weighted by Gasteiger charge is -2.09. The fourth-order valence-electron chi connectivity index (χ4n) is 2.10. The standard InChI is InChI=1S/C17H16O4/c18-15-9-8-13(10-16(15)19)14(11-17(20)21)7-6-12-4-2-1-3-5-12/h1-5,8-11,18-19H,6-7H2,(H,20,21). The number of benzene rings is 2. The quantitative estimate of drug-likeness (QED) is 0.582. The zero-order chi connectivity index (χ0) is 15.2. The lowest BCUT2D eigenvalue weighted by atomic mass is 9.97. The molecule has 0 atom stereocenters. The van der Waals surface area contributed by atoms with Gasteiger partial charge < -0.3 is 15.3 Å². The minimum Gasteiger partial charge on any atom is -0.504 e. The van der Waals surface area contributed by atoms with Gasteiger partial charge in [0.05, 0.1) is 0 Å². The molecule has 0 aliphatic rings. The molecule has 2 aromatic rings. The molecular formula is C17H16O4. The van der Waals surface area contributed by atoms with E-state index >= 15 is 0 Å². The number of carboxylic acid groups (broad SMARTS) is 1. The van der Waals surface area contributed by atoms with Crippen molar-refractivity contribution in [2.24, 2.45) is 0 Å². The molecule has 21 heavy (non-hydrogen) atoms. The van der Waals surface area contributed by atoms with E-state index < -0.39 is 5.97 Å². The number of hydrogen-bond acceptors (Lipinski definition) is 3. The summed E-state index contributed by atoms with van der Waals surface area (Å²) in [6.45, 7) is 0. The fourth-order valence-corrected chi connectivity index (χ4v) is 2.10. The largest absolute Gasteiger partial charge is 0.504 e. The molecule has 0 fully saturated rings. The van der Waals surface area contributed by atoms with Crippen molar-refractivity contribution in [1.29, 1.82) is 0 Å². The average Bonchev–Trinajstić information content (AvgIpc) is 2.47. The van der Waals surface area contributed by atoms with E-state index in [1.165, 1.54) is 12.1 Å². The molecule has 108 valence electrons. The summed E-state index contributed by atoms with van der Waals surface area (Å²) in [6.07, 6.45) is 2.36. The monoisotopic (exact) mass is 284 g/mol. The van der Waals surface area contributed by atoms with Gasteiger partial charge in [0.2, 0.25) is 0 Å². The van der Waals surface area contributed by atoms with Crippen molar-refractivity contribution in [2.45, 2.75) is 12.8 Å². The number of carboxylic acids is 1. The van der Waals surface area contributed by atoms with Crippen molar-refractivity contribution < 1.29 is 20.1 Å². The van der Waals surface area contributed by atoms with E-state index in [-0.39, 0.29) is 11.5 Å². The van der Waals surface area contributed by atoms with Crippen LogP contribution in [0, 0.1) is 0 Å². The van der Waals surface area contributed by atoms with E-state index in [9.17, 15) is 15.0 Å². The van der Waals surface area contributed by atoms with Crippen molar-refractivity contribution in [3.05, 3.63) is 65.7 Å². The number of carbonyl (C=O) groups is 1. The maximum Gasteiger partial charge on any atom is 0.328 e. The zero-order valence-corrected chi connectivity index (χ0v) is 11.4. The normalized spacial score (nSPS) is 11.3. The number of phenolic OH excluding ortho intramolecular Hbond substituents is 2. The van der Waals surface area contributed by atoms with Crippen molar-refractivity contribution in [1.82, 2.24) is 0 Å². The molecule has 0 amide bonds. The van der Waals surface area contributed by atoms with Gasteiger partial charge in [0.25, 0.3) is 0 Å². The Bertz CT molecular complexity index is 660. The van der Waals surface area contributed by atoms with Gasteiger partial charge in [-0.2, -0.15) is 0 Å². The number of aliphatic carboxylic acids is 1. The molecule has 0 aliphatic heterocycles.